The molecule has 0 radical (unpaired) electrons. The molecule has 1 heterocycles. The minimum atomic E-state index is -3.67. The van der Waals surface area contributed by atoms with E-state index in [2.05, 4.69) is 10.9 Å². The molecule has 158 valence electrons. The normalized spacial score (nSPS) is 14.1. The Kier molecular flexibility index (Phi) is 6.80. The number of hydrogen-bond acceptors (Lipinski definition) is 6. The third-order valence-electron chi connectivity index (χ3n) is 4.46. The van der Waals surface area contributed by atoms with Gasteiger partial charge in [0.2, 0.25) is 10.0 Å². The zero-order chi connectivity index (χ0) is 21.6. The molecular formula is C20H21N3O6S. The van der Waals surface area contributed by atoms with Crippen molar-refractivity contribution in [2.75, 3.05) is 19.7 Å². The van der Waals surface area contributed by atoms with Crippen LogP contribution >= 0.6 is 0 Å². The Bertz CT molecular complexity index is 1030. The summed E-state index contributed by atoms with van der Waals surface area (Å²) in [5, 5.41) is 0. The molecular weight excluding hydrogens is 410 g/mol. The molecule has 0 spiro atoms. The molecule has 2 N–H and O–H groups in total. The predicted octanol–water partition coefficient (Wildman–Crippen LogP) is 1.09. The van der Waals surface area contributed by atoms with Crippen LogP contribution < -0.4 is 10.9 Å². The molecule has 0 aromatic heterocycles. The van der Waals surface area contributed by atoms with Crippen LogP contribution in [-0.4, -0.2) is 50.2 Å². The lowest BCUT2D eigenvalue weighted by Gasteiger charge is -2.15. The zero-order valence-corrected chi connectivity index (χ0v) is 16.9. The fourth-order valence-corrected chi connectivity index (χ4v) is 4.46. The number of hydrogen-bond donors (Lipinski definition) is 2. The molecule has 0 saturated carbocycles. The van der Waals surface area contributed by atoms with Crippen molar-refractivity contribution >= 4 is 27.8 Å². The summed E-state index contributed by atoms with van der Waals surface area (Å²) in [5.74, 6) is -2.11. The number of carbonyl (C=O) groups excluding carboxylic acids is 3. The Morgan fingerprint density at radius 2 is 1.57 bits per heavy atom. The minimum absolute atomic E-state index is 0.00146. The predicted molar refractivity (Wildman–Crippen MR) is 107 cm³/mol. The van der Waals surface area contributed by atoms with Gasteiger partial charge >= 0.3 is 5.97 Å². The Morgan fingerprint density at radius 1 is 0.900 bits per heavy atom. The monoisotopic (exact) mass is 431 g/mol. The lowest BCUT2D eigenvalue weighted by atomic mass is 10.2. The fourth-order valence-electron chi connectivity index (χ4n) is 2.90. The maximum atomic E-state index is 12.6. The highest BCUT2D eigenvalue weighted by atomic mass is 32.2. The highest BCUT2D eigenvalue weighted by Crippen LogP contribution is 2.21. The largest absolute Gasteiger partial charge is 0.452 e. The van der Waals surface area contributed by atoms with E-state index in [4.69, 9.17) is 4.74 Å². The molecule has 0 aliphatic carbocycles. The molecule has 0 bridgehead atoms. The van der Waals surface area contributed by atoms with Crippen LogP contribution in [0.2, 0.25) is 0 Å². The van der Waals surface area contributed by atoms with Gasteiger partial charge in [0, 0.05) is 18.7 Å². The molecule has 10 heteroatoms. The molecule has 1 fully saturated rings. The van der Waals surface area contributed by atoms with Crippen LogP contribution in [0.15, 0.2) is 59.5 Å². The van der Waals surface area contributed by atoms with E-state index in [9.17, 15) is 22.8 Å². The summed E-state index contributed by atoms with van der Waals surface area (Å²) in [7, 11) is -3.67. The third kappa shape index (κ3) is 5.22. The average molecular weight is 431 g/mol. The van der Waals surface area contributed by atoms with Gasteiger partial charge in [-0.3, -0.25) is 20.4 Å². The number of rotatable bonds is 6. The number of esters is 1. The van der Waals surface area contributed by atoms with Crippen molar-refractivity contribution in [2.24, 2.45) is 0 Å². The summed E-state index contributed by atoms with van der Waals surface area (Å²) in [6.07, 6.45) is 1.60. The number of sulfonamides is 1. The second kappa shape index (κ2) is 9.51. The first-order valence-corrected chi connectivity index (χ1v) is 10.7. The topological polar surface area (TPSA) is 122 Å². The van der Waals surface area contributed by atoms with Gasteiger partial charge in [-0.05, 0) is 43.2 Å². The van der Waals surface area contributed by atoms with Crippen molar-refractivity contribution in [2.45, 2.75) is 17.7 Å². The van der Waals surface area contributed by atoms with E-state index in [0.29, 0.717) is 18.7 Å². The lowest BCUT2D eigenvalue weighted by molar-refractivity contribution is -0.125. The number of amides is 2. The summed E-state index contributed by atoms with van der Waals surface area (Å²) in [6.45, 7) is 0.259. The van der Waals surface area contributed by atoms with Gasteiger partial charge in [0.25, 0.3) is 11.8 Å². The molecule has 0 unspecified atom stereocenters. The van der Waals surface area contributed by atoms with Gasteiger partial charge in [0.05, 0.1) is 10.5 Å². The minimum Gasteiger partial charge on any atom is -0.452 e. The molecule has 2 aromatic rings. The number of benzene rings is 2. The molecule has 2 amide bonds. The first-order chi connectivity index (χ1) is 14.4. The van der Waals surface area contributed by atoms with Crippen LogP contribution in [0.5, 0.6) is 0 Å². The molecule has 30 heavy (non-hydrogen) atoms. The van der Waals surface area contributed by atoms with Crippen LogP contribution in [0.1, 0.15) is 33.6 Å². The first kappa shape index (κ1) is 21.5. The number of hydrazine groups is 1. The summed E-state index contributed by atoms with van der Waals surface area (Å²) in [4.78, 5) is 35.9. The lowest BCUT2D eigenvalue weighted by Crippen LogP contribution is -2.43. The molecule has 2 aromatic carbocycles. The summed E-state index contributed by atoms with van der Waals surface area (Å²) < 4.78 is 31.5. The van der Waals surface area contributed by atoms with E-state index in [1.807, 2.05) is 0 Å². The van der Waals surface area contributed by atoms with Gasteiger partial charge < -0.3 is 4.74 Å². The average Bonchev–Trinajstić information content (AvgIpc) is 3.32. The molecule has 1 aliphatic rings. The van der Waals surface area contributed by atoms with Gasteiger partial charge in [0.15, 0.2) is 6.61 Å². The van der Waals surface area contributed by atoms with Crippen molar-refractivity contribution in [3.63, 3.8) is 0 Å². The standard InChI is InChI=1S/C20H21N3O6S/c24-18(21-22-19(25)15-7-2-1-3-8-15)14-29-20(26)16-9-6-10-17(13-16)30(27,28)23-11-4-5-12-23/h1-3,6-10,13H,4-5,11-12,14H2,(H,21,24)(H,22,25). The van der Waals surface area contributed by atoms with Gasteiger partial charge in [-0.25, -0.2) is 13.2 Å². The van der Waals surface area contributed by atoms with E-state index < -0.39 is 34.4 Å². The molecule has 0 atom stereocenters. The Balaban J connectivity index is 1.53. The molecule has 1 saturated heterocycles. The maximum absolute atomic E-state index is 12.6. The van der Waals surface area contributed by atoms with E-state index in [1.165, 1.54) is 28.6 Å². The van der Waals surface area contributed by atoms with Crippen molar-refractivity contribution in [3.8, 4) is 0 Å². The van der Waals surface area contributed by atoms with Gasteiger partial charge in [0.1, 0.15) is 0 Å². The van der Waals surface area contributed by atoms with Crippen LogP contribution in [0, 0.1) is 0 Å². The van der Waals surface area contributed by atoms with Gasteiger partial charge in [-0.15, -0.1) is 0 Å². The number of nitrogens with zero attached hydrogens (tertiary/aromatic N) is 1. The second-order valence-corrected chi connectivity index (χ2v) is 8.52. The molecule has 9 nitrogen and oxygen atoms in total. The number of nitrogens with one attached hydrogen (secondary N) is 2. The van der Waals surface area contributed by atoms with Crippen LogP contribution in [-0.2, 0) is 19.6 Å². The maximum Gasteiger partial charge on any atom is 0.338 e. The fraction of sp³-hybridized carbons (Fsp3) is 0.250. The molecule has 3 rings (SSSR count). The van der Waals surface area contributed by atoms with Crippen molar-refractivity contribution in [3.05, 3.63) is 65.7 Å². The highest BCUT2D eigenvalue weighted by molar-refractivity contribution is 7.89. The number of carbonyl (C=O) groups is 3. The van der Waals surface area contributed by atoms with Crippen LogP contribution in [0.3, 0.4) is 0 Å². The Hall–Kier alpha value is -3.24. The van der Waals surface area contributed by atoms with Crippen molar-refractivity contribution in [1.29, 1.82) is 0 Å². The smallest absolute Gasteiger partial charge is 0.338 e. The van der Waals surface area contributed by atoms with E-state index in [0.717, 1.165) is 12.8 Å². The van der Waals surface area contributed by atoms with E-state index in [1.54, 1.807) is 30.3 Å². The van der Waals surface area contributed by atoms with Crippen molar-refractivity contribution in [1.82, 2.24) is 15.2 Å². The van der Waals surface area contributed by atoms with Gasteiger partial charge in [-0.1, -0.05) is 24.3 Å². The van der Waals surface area contributed by atoms with Crippen LogP contribution in [0.25, 0.3) is 0 Å². The highest BCUT2D eigenvalue weighted by Gasteiger charge is 2.27. The quantitative estimate of drug-likeness (QED) is 0.522. The van der Waals surface area contributed by atoms with E-state index >= 15 is 0 Å². The first-order valence-electron chi connectivity index (χ1n) is 9.29. The van der Waals surface area contributed by atoms with Crippen molar-refractivity contribution < 1.29 is 27.5 Å². The number of ether oxygens (including phenoxy) is 1. The summed E-state index contributed by atoms with van der Waals surface area (Å²) in [5.41, 5.74) is 4.71. The molecule has 1 aliphatic heterocycles. The van der Waals surface area contributed by atoms with E-state index in [-0.39, 0.29) is 10.5 Å². The Labute approximate surface area is 174 Å². The van der Waals surface area contributed by atoms with Crippen LogP contribution in [0.4, 0.5) is 0 Å². The van der Waals surface area contributed by atoms with Gasteiger partial charge in [-0.2, -0.15) is 4.31 Å². The SMILES string of the molecule is O=C(COC(=O)c1cccc(S(=O)(=O)N2CCCC2)c1)NNC(=O)c1ccccc1. The summed E-state index contributed by atoms with van der Waals surface area (Å²) >= 11 is 0. The third-order valence-corrected chi connectivity index (χ3v) is 6.35. The Morgan fingerprint density at radius 3 is 2.27 bits per heavy atom. The second-order valence-electron chi connectivity index (χ2n) is 6.58. The summed E-state index contributed by atoms with van der Waals surface area (Å²) in [6, 6.07) is 13.7. The zero-order valence-electron chi connectivity index (χ0n) is 16.0.